The number of hydrogen-bond acceptors (Lipinski definition) is 3. The Morgan fingerprint density at radius 1 is 1.67 bits per heavy atom. The van der Waals surface area contributed by atoms with Gasteiger partial charge in [0.2, 0.25) is 0 Å². The Labute approximate surface area is 70.9 Å². The van der Waals surface area contributed by atoms with Crippen LogP contribution >= 0.6 is 0 Å². The van der Waals surface area contributed by atoms with E-state index in [-0.39, 0.29) is 12.2 Å². The number of ether oxygens (including phenoxy) is 1. The van der Waals surface area contributed by atoms with Crippen molar-refractivity contribution in [3.8, 4) is 0 Å². The van der Waals surface area contributed by atoms with E-state index in [9.17, 15) is 4.79 Å². The van der Waals surface area contributed by atoms with Gasteiger partial charge in [0, 0.05) is 6.54 Å². The summed E-state index contributed by atoms with van der Waals surface area (Å²) in [5.74, 6) is 0.622. The van der Waals surface area contributed by atoms with E-state index in [2.05, 4.69) is 17.3 Å². The third-order valence-electron chi connectivity index (χ3n) is 3.37. The maximum Gasteiger partial charge on any atom is 0.407 e. The lowest BCUT2D eigenvalue weighted by molar-refractivity contribution is 0.0242. The van der Waals surface area contributed by atoms with Crippen LogP contribution in [-0.2, 0) is 4.74 Å². The van der Waals surface area contributed by atoms with Crippen molar-refractivity contribution in [1.29, 1.82) is 0 Å². The van der Waals surface area contributed by atoms with E-state index in [4.69, 9.17) is 4.74 Å². The number of alkyl carbamates (subject to hydrolysis) is 1. The summed E-state index contributed by atoms with van der Waals surface area (Å²) in [5, 5.41) is 2.90. The Hall–Kier alpha value is -0.770. The van der Waals surface area contributed by atoms with Crippen molar-refractivity contribution in [2.45, 2.75) is 24.6 Å². The Kier molecular flexibility index (Phi) is 1.08. The summed E-state index contributed by atoms with van der Waals surface area (Å²) in [6.07, 6.45) is 0.991. The van der Waals surface area contributed by atoms with Gasteiger partial charge in [0.05, 0.1) is 12.1 Å². The molecule has 4 heteroatoms. The van der Waals surface area contributed by atoms with Crippen LogP contribution in [0.1, 0.15) is 6.42 Å². The molecular weight excluding hydrogens is 156 g/mol. The maximum absolute atomic E-state index is 11.0. The van der Waals surface area contributed by atoms with Crippen LogP contribution in [0.4, 0.5) is 4.79 Å². The summed E-state index contributed by atoms with van der Waals surface area (Å²) < 4.78 is 5.19. The van der Waals surface area contributed by atoms with Crippen LogP contribution in [0.2, 0.25) is 0 Å². The normalized spacial score (nSPS) is 50.6. The van der Waals surface area contributed by atoms with Crippen molar-refractivity contribution < 1.29 is 9.53 Å². The smallest absolute Gasteiger partial charge is 0.407 e. The fraction of sp³-hybridized carbons (Fsp3) is 0.875. The summed E-state index contributed by atoms with van der Waals surface area (Å²) in [7, 11) is 2.10. The molecule has 4 atom stereocenters. The first-order valence-corrected chi connectivity index (χ1v) is 4.43. The number of likely N-dealkylation sites (N-methyl/N-ethyl adjacent to an activating group) is 1. The molecule has 0 aromatic heterocycles. The molecule has 0 aromatic rings. The van der Waals surface area contributed by atoms with Gasteiger partial charge in [0.25, 0.3) is 0 Å². The van der Waals surface area contributed by atoms with Crippen molar-refractivity contribution in [3.05, 3.63) is 0 Å². The molecule has 1 aliphatic carbocycles. The van der Waals surface area contributed by atoms with Crippen LogP contribution in [0.15, 0.2) is 0 Å². The van der Waals surface area contributed by atoms with Gasteiger partial charge in [0.15, 0.2) is 0 Å². The zero-order valence-electron chi connectivity index (χ0n) is 6.99. The van der Waals surface area contributed by atoms with Gasteiger partial charge in [-0.1, -0.05) is 0 Å². The van der Waals surface area contributed by atoms with Crippen molar-refractivity contribution in [1.82, 2.24) is 10.2 Å². The highest BCUT2D eigenvalue weighted by molar-refractivity contribution is 5.70. The van der Waals surface area contributed by atoms with Crippen molar-refractivity contribution in [2.24, 2.45) is 5.92 Å². The SMILES string of the molecule is CN1CC2CC3OC(=O)NC2C31. The molecule has 2 heterocycles. The molecule has 1 saturated carbocycles. The Balaban J connectivity index is 1.95. The van der Waals surface area contributed by atoms with E-state index in [1.54, 1.807) is 0 Å². The second kappa shape index (κ2) is 1.93. The second-order valence-electron chi connectivity index (χ2n) is 4.04. The molecule has 4 bridgehead atoms. The Bertz CT molecular complexity index is 243. The van der Waals surface area contributed by atoms with Gasteiger partial charge in [-0.05, 0) is 19.4 Å². The molecule has 12 heavy (non-hydrogen) atoms. The standard InChI is InChI=1S/C8H12N2O2/c1-10-3-4-2-5-7(10)6(4)9-8(11)12-5/h4-7H,2-3H2,1H3,(H,9,11). The molecule has 0 radical (unpaired) electrons. The quantitative estimate of drug-likeness (QED) is 0.544. The summed E-state index contributed by atoms with van der Waals surface area (Å²) >= 11 is 0. The van der Waals surface area contributed by atoms with Crippen molar-refractivity contribution >= 4 is 6.09 Å². The lowest BCUT2D eigenvalue weighted by atomic mass is 10.1. The first kappa shape index (κ1) is 6.71. The third-order valence-corrected chi connectivity index (χ3v) is 3.37. The Morgan fingerprint density at radius 3 is 3.25 bits per heavy atom. The highest BCUT2D eigenvalue weighted by Crippen LogP contribution is 2.40. The van der Waals surface area contributed by atoms with E-state index in [0.717, 1.165) is 13.0 Å². The number of rotatable bonds is 0. The minimum absolute atomic E-state index is 0.160. The number of nitrogens with zero attached hydrogens (tertiary/aromatic N) is 1. The summed E-state index contributed by atoms with van der Waals surface area (Å²) in [4.78, 5) is 13.3. The fourth-order valence-corrected chi connectivity index (χ4v) is 2.96. The molecule has 1 amide bonds. The zero-order valence-corrected chi connectivity index (χ0v) is 6.99. The molecule has 2 saturated heterocycles. The molecule has 3 rings (SSSR count). The zero-order chi connectivity index (χ0) is 8.29. The molecule has 3 aliphatic rings. The lowest BCUT2D eigenvalue weighted by Gasteiger charge is -2.33. The molecule has 66 valence electrons. The van der Waals surface area contributed by atoms with Gasteiger partial charge in [-0.25, -0.2) is 4.79 Å². The van der Waals surface area contributed by atoms with Gasteiger partial charge in [-0.2, -0.15) is 0 Å². The number of nitrogens with one attached hydrogen (secondary N) is 1. The molecular formula is C8H12N2O2. The summed E-state index contributed by atoms with van der Waals surface area (Å²) in [5.41, 5.74) is 0. The number of piperidine rings is 1. The fourth-order valence-electron chi connectivity index (χ4n) is 2.96. The van der Waals surface area contributed by atoms with E-state index < -0.39 is 0 Å². The average molecular weight is 168 g/mol. The van der Waals surface area contributed by atoms with Gasteiger partial charge in [-0.3, -0.25) is 4.90 Å². The largest absolute Gasteiger partial charge is 0.444 e. The monoisotopic (exact) mass is 168 g/mol. The predicted octanol–water partition coefficient (Wildman–Crippen LogP) is -0.203. The third kappa shape index (κ3) is 0.641. The molecule has 4 nitrogen and oxygen atoms in total. The Morgan fingerprint density at radius 2 is 2.50 bits per heavy atom. The topological polar surface area (TPSA) is 41.6 Å². The van der Waals surface area contributed by atoms with E-state index in [0.29, 0.717) is 18.0 Å². The molecule has 0 spiro atoms. The molecule has 3 fully saturated rings. The summed E-state index contributed by atoms with van der Waals surface area (Å²) in [6, 6.07) is 0.800. The molecule has 0 aromatic carbocycles. The first-order chi connectivity index (χ1) is 5.75. The van der Waals surface area contributed by atoms with Crippen LogP contribution in [0.25, 0.3) is 0 Å². The van der Waals surface area contributed by atoms with Crippen molar-refractivity contribution in [2.75, 3.05) is 13.6 Å². The van der Waals surface area contributed by atoms with E-state index in [1.807, 2.05) is 0 Å². The van der Waals surface area contributed by atoms with E-state index >= 15 is 0 Å². The van der Waals surface area contributed by atoms with Crippen LogP contribution in [0.3, 0.4) is 0 Å². The number of hydrogen-bond donors (Lipinski definition) is 1. The number of carbonyl (C=O) groups excluding carboxylic acids is 1. The van der Waals surface area contributed by atoms with Crippen molar-refractivity contribution in [3.63, 3.8) is 0 Å². The van der Waals surface area contributed by atoms with Gasteiger partial charge < -0.3 is 10.1 Å². The van der Waals surface area contributed by atoms with Crippen LogP contribution < -0.4 is 5.32 Å². The molecule has 1 N–H and O–H groups in total. The first-order valence-electron chi connectivity index (χ1n) is 4.43. The minimum atomic E-state index is -0.223. The van der Waals surface area contributed by atoms with E-state index in [1.165, 1.54) is 0 Å². The second-order valence-corrected chi connectivity index (χ2v) is 4.04. The number of amides is 1. The highest BCUT2D eigenvalue weighted by atomic mass is 16.6. The van der Waals surface area contributed by atoms with Gasteiger partial charge in [-0.15, -0.1) is 0 Å². The highest BCUT2D eigenvalue weighted by Gasteiger charge is 2.56. The van der Waals surface area contributed by atoms with Crippen LogP contribution in [0.5, 0.6) is 0 Å². The number of carbonyl (C=O) groups is 1. The van der Waals surface area contributed by atoms with Crippen LogP contribution in [0, 0.1) is 5.92 Å². The van der Waals surface area contributed by atoms with Crippen LogP contribution in [-0.4, -0.2) is 42.8 Å². The predicted molar refractivity (Wildman–Crippen MR) is 41.7 cm³/mol. The molecule has 2 aliphatic heterocycles. The lowest BCUT2D eigenvalue weighted by Crippen LogP contribution is -2.54. The molecule has 4 unspecified atom stereocenters. The average Bonchev–Trinajstić information content (AvgIpc) is 2.38. The van der Waals surface area contributed by atoms with Gasteiger partial charge >= 0.3 is 6.09 Å². The number of likely N-dealkylation sites (tertiary alicyclic amines) is 1. The minimum Gasteiger partial charge on any atom is -0.444 e. The van der Waals surface area contributed by atoms with Gasteiger partial charge in [0.1, 0.15) is 6.10 Å². The summed E-state index contributed by atoms with van der Waals surface area (Å²) in [6.45, 7) is 1.11. The maximum atomic E-state index is 11.0.